The van der Waals surface area contributed by atoms with Crippen LogP contribution in [-0.2, 0) is 0 Å². The predicted octanol–water partition coefficient (Wildman–Crippen LogP) is 3.55. The molecule has 0 heterocycles. The zero-order chi connectivity index (χ0) is 7.82. The first-order chi connectivity index (χ1) is 4.81. The SMILES string of the molecule is CCC[CH2][Sn]([F])[CH2]CCC. The summed E-state index contributed by atoms with van der Waals surface area (Å²) in [6.45, 7) is 4.27. The molecular formula is C8H18FSn. The molecule has 0 saturated carbocycles. The van der Waals surface area contributed by atoms with Crippen molar-refractivity contribution < 1.29 is 2.87 Å². The van der Waals surface area contributed by atoms with Crippen LogP contribution in [-0.4, -0.2) is 20.3 Å². The molecule has 0 nitrogen and oxygen atoms in total. The molecule has 0 rings (SSSR count). The van der Waals surface area contributed by atoms with Gasteiger partial charge in [0.2, 0.25) is 0 Å². The molecule has 61 valence electrons. The topological polar surface area (TPSA) is 0 Å². The first-order valence-corrected chi connectivity index (χ1v) is 9.43. The first kappa shape index (κ1) is 10.7. The van der Waals surface area contributed by atoms with E-state index in [4.69, 9.17) is 0 Å². The monoisotopic (exact) mass is 253 g/mol. The van der Waals surface area contributed by atoms with Crippen molar-refractivity contribution in [3.63, 3.8) is 0 Å². The van der Waals surface area contributed by atoms with Crippen LogP contribution in [0.3, 0.4) is 0 Å². The summed E-state index contributed by atoms with van der Waals surface area (Å²) in [5.41, 5.74) is 0. The molecule has 0 aromatic rings. The summed E-state index contributed by atoms with van der Waals surface area (Å²) in [7, 11) is 0. The molecule has 0 aliphatic rings. The molecule has 10 heavy (non-hydrogen) atoms. The number of hydrogen-bond acceptors (Lipinski definition) is 0. The van der Waals surface area contributed by atoms with E-state index in [-0.39, 0.29) is 0 Å². The van der Waals surface area contributed by atoms with Crippen molar-refractivity contribution in [2.75, 3.05) is 0 Å². The third-order valence-corrected chi connectivity index (χ3v) is 6.72. The van der Waals surface area contributed by atoms with E-state index in [0.29, 0.717) is 0 Å². The summed E-state index contributed by atoms with van der Waals surface area (Å²) in [4.78, 5) is 0. The third-order valence-electron chi connectivity index (χ3n) is 1.60. The molecule has 0 spiro atoms. The minimum atomic E-state index is -2.24. The van der Waals surface area contributed by atoms with Crippen LogP contribution in [0.1, 0.15) is 39.5 Å². The van der Waals surface area contributed by atoms with Gasteiger partial charge in [0.25, 0.3) is 0 Å². The molecule has 0 amide bonds. The van der Waals surface area contributed by atoms with E-state index in [9.17, 15) is 2.87 Å². The molecule has 0 aromatic heterocycles. The van der Waals surface area contributed by atoms with Crippen LogP contribution >= 0.6 is 0 Å². The average molecular weight is 252 g/mol. The van der Waals surface area contributed by atoms with Gasteiger partial charge in [0.1, 0.15) is 0 Å². The van der Waals surface area contributed by atoms with Crippen LogP contribution < -0.4 is 0 Å². The molecule has 0 saturated heterocycles. The minimum absolute atomic E-state index is 0.971. The fraction of sp³-hybridized carbons (Fsp3) is 1.00. The second kappa shape index (κ2) is 7.83. The molecule has 0 aromatic carbocycles. The third kappa shape index (κ3) is 6.84. The van der Waals surface area contributed by atoms with Gasteiger partial charge < -0.3 is 0 Å². The van der Waals surface area contributed by atoms with E-state index in [1.165, 1.54) is 12.8 Å². The van der Waals surface area contributed by atoms with E-state index in [2.05, 4.69) is 13.8 Å². The van der Waals surface area contributed by atoms with Crippen LogP contribution in [0.25, 0.3) is 0 Å². The van der Waals surface area contributed by atoms with Crippen molar-refractivity contribution >= 4 is 20.3 Å². The maximum atomic E-state index is 13.0. The molecule has 0 N–H and O–H groups in total. The Morgan fingerprint density at radius 3 is 1.70 bits per heavy atom. The van der Waals surface area contributed by atoms with Gasteiger partial charge in [-0.25, -0.2) is 0 Å². The van der Waals surface area contributed by atoms with Gasteiger partial charge in [0.05, 0.1) is 0 Å². The number of halogens is 1. The zero-order valence-electron chi connectivity index (χ0n) is 7.12. The summed E-state index contributed by atoms with van der Waals surface area (Å²) < 4.78 is 14.9. The molecule has 0 atom stereocenters. The van der Waals surface area contributed by atoms with Crippen molar-refractivity contribution in [3.05, 3.63) is 0 Å². The standard InChI is InChI=1S/2C4H9.FH.Sn/c2*1-3-4-2;;/h2*1,3-4H2,2H3;1H;/q;;;+1/p-1. The van der Waals surface area contributed by atoms with Gasteiger partial charge >= 0.3 is 71.6 Å². The molecule has 0 aliphatic carbocycles. The Balaban J connectivity index is 3.00. The summed E-state index contributed by atoms with van der Waals surface area (Å²) >= 11 is -2.24. The summed E-state index contributed by atoms with van der Waals surface area (Å²) in [6.07, 6.45) is 4.60. The van der Waals surface area contributed by atoms with Crippen molar-refractivity contribution in [3.8, 4) is 0 Å². The van der Waals surface area contributed by atoms with Crippen LogP contribution in [0.15, 0.2) is 0 Å². The fourth-order valence-corrected chi connectivity index (χ4v) is 5.78. The maximum absolute atomic E-state index is 13.0. The van der Waals surface area contributed by atoms with Gasteiger partial charge in [-0.05, 0) is 0 Å². The van der Waals surface area contributed by atoms with Crippen molar-refractivity contribution in [1.82, 2.24) is 0 Å². The molecule has 0 fully saturated rings. The zero-order valence-corrected chi connectivity index (χ0v) is 9.97. The average Bonchev–Trinajstić information content (AvgIpc) is 1.97. The van der Waals surface area contributed by atoms with Crippen molar-refractivity contribution in [2.24, 2.45) is 0 Å². The van der Waals surface area contributed by atoms with Crippen LogP contribution in [0.5, 0.6) is 0 Å². The second-order valence-corrected chi connectivity index (χ2v) is 8.53. The Hall–Kier alpha value is 0.729. The van der Waals surface area contributed by atoms with Gasteiger partial charge in [-0.1, -0.05) is 0 Å². The second-order valence-electron chi connectivity index (χ2n) is 2.72. The molecule has 0 unspecified atom stereocenters. The summed E-state index contributed by atoms with van der Waals surface area (Å²) in [5.74, 6) is 0. The number of hydrogen-bond donors (Lipinski definition) is 0. The Morgan fingerprint density at radius 2 is 1.40 bits per heavy atom. The van der Waals surface area contributed by atoms with E-state index in [0.717, 1.165) is 21.7 Å². The predicted molar refractivity (Wildman–Crippen MR) is 46.3 cm³/mol. The molecule has 2 heteroatoms. The number of unbranched alkanes of at least 4 members (excludes halogenated alkanes) is 2. The van der Waals surface area contributed by atoms with Gasteiger partial charge in [0, 0.05) is 0 Å². The normalized spacial score (nSPS) is 10.8. The van der Waals surface area contributed by atoms with E-state index in [1.807, 2.05) is 0 Å². The Kier molecular flexibility index (Phi) is 8.40. The van der Waals surface area contributed by atoms with E-state index >= 15 is 0 Å². The van der Waals surface area contributed by atoms with Crippen molar-refractivity contribution in [1.29, 1.82) is 0 Å². The molecule has 0 aliphatic heterocycles. The van der Waals surface area contributed by atoms with Gasteiger partial charge in [0.15, 0.2) is 0 Å². The van der Waals surface area contributed by atoms with Crippen molar-refractivity contribution in [2.45, 2.75) is 48.4 Å². The van der Waals surface area contributed by atoms with Crippen LogP contribution in [0, 0.1) is 0 Å². The van der Waals surface area contributed by atoms with Crippen LogP contribution in [0.4, 0.5) is 2.87 Å². The van der Waals surface area contributed by atoms with E-state index in [1.54, 1.807) is 0 Å². The Morgan fingerprint density at radius 1 is 1.00 bits per heavy atom. The molecule has 0 bridgehead atoms. The van der Waals surface area contributed by atoms with Gasteiger partial charge in [-0.2, -0.15) is 0 Å². The Labute approximate surface area is 71.7 Å². The van der Waals surface area contributed by atoms with Gasteiger partial charge in [-0.15, -0.1) is 0 Å². The van der Waals surface area contributed by atoms with E-state index < -0.39 is 20.3 Å². The molecule has 1 radical (unpaired) electrons. The van der Waals surface area contributed by atoms with Gasteiger partial charge in [-0.3, -0.25) is 0 Å². The fourth-order valence-electron chi connectivity index (χ4n) is 0.862. The molecular weight excluding hydrogens is 234 g/mol. The summed E-state index contributed by atoms with van der Waals surface area (Å²) in [5, 5.41) is 0. The first-order valence-electron chi connectivity index (χ1n) is 4.31. The van der Waals surface area contributed by atoms with Crippen LogP contribution in [0.2, 0.25) is 8.87 Å². The quantitative estimate of drug-likeness (QED) is 0.634. The summed E-state index contributed by atoms with van der Waals surface area (Å²) in [6, 6.07) is 0. The Bertz CT molecular complexity index is 58.3. The number of rotatable bonds is 6.